The Hall–Kier alpha value is 1.61. The Morgan fingerprint density at radius 1 is 0.875 bits per heavy atom. The Balaban J connectivity index is 4.37. The SMILES string of the molecule is CCC(CCOP(=O)([O-])OCCC(COP(=O)([O-])O)[I-]F)OP(=O)([O-])OCC(CO)[I-]F. The Bertz CT molecular complexity index is 654. The molecule has 6 atom stereocenters. The van der Waals surface area contributed by atoms with Gasteiger partial charge in [0.05, 0.1) is 0 Å². The van der Waals surface area contributed by atoms with Gasteiger partial charge in [-0.2, -0.15) is 0 Å². The zero-order valence-corrected chi connectivity index (χ0v) is 23.6. The van der Waals surface area contributed by atoms with E-state index in [9.17, 15) is 34.1 Å². The van der Waals surface area contributed by atoms with Crippen LogP contribution in [0.5, 0.6) is 0 Å². The van der Waals surface area contributed by atoms with Crippen molar-refractivity contribution >= 4 is 23.5 Å². The zero-order valence-electron chi connectivity index (χ0n) is 16.6. The summed E-state index contributed by atoms with van der Waals surface area (Å²) >= 11 is -3.97. The predicted molar refractivity (Wildman–Crippen MR) is 90.1 cm³/mol. The molecular formula is C12H24F2I2O13P3-5. The summed E-state index contributed by atoms with van der Waals surface area (Å²) in [5, 5.41) is 8.84. The molecule has 0 heterocycles. The van der Waals surface area contributed by atoms with Gasteiger partial charge >= 0.3 is 207 Å². The molecule has 0 saturated carbocycles. The van der Waals surface area contributed by atoms with Gasteiger partial charge < -0.3 is 0 Å². The Morgan fingerprint density at radius 2 is 1.41 bits per heavy atom. The van der Waals surface area contributed by atoms with Gasteiger partial charge in [0, 0.05) is 0 Å². The molecule has 20 heteroatoms. The summed E-state index contributed by atoms with van der Waals surface area (Å²) in [6.45, 7) is -1.30. The molecule has 0 aliphatic rings. The van der Waals surface area contributed by atoms with Crippen molar-refractivity contribution in [3.63, 3.8) is 0 Å². The molecule has 0 spiro atoms. The Kier molecular flexibility index (Phi) is 18.0. The summed E-state index contributed by atoms with van der Waals surface area (Å²) in [6, 6.07) is 0. The maximum absolute atomic E-state index is 12.9. The molecule has 0 fully saturated rings. The van der Waals surface area contributed by atoms with Gasteiger partial charge in [-0.15, -0.1) is 0 Å². The molecule has 0 aliphatic carbocycles. The second-order valence-electron chi connectivity index (χ2n) is 5.88. The monoisotopic (exact) mass is 761 g/mol. The van der Waals surface area contributed by atoms with Crippen molar-refractivity contribution in [1.29, 1.82) is 0 Å². The van der Waals surface area contributed by atoms with Crippen molar-refractivity contribution in [3.05, 3.63) is 0 Å². The first-order valence-electron chi connectivity index (χ1n) is 8.79. The summed E-state index contributed by atoms with van der Waals surface area (Å²) < 4.78 is 80.0. The molecular weight excluding hydrogens is 737 g/mol. The number of phosphoric ester groups is 3. The van der Waals surface area contributed by atoms with E-state index in [1.807, 2.05) is 0 Å². The van der Waals surface area contributed by atoms with Crippen LogP contribution in [-0.4, -0.2) is 57.0 Å². The molecule has 0 aliphatic heterocycles. The van der Waals surface area contributed by atoms with Gasteiger partial charge in [0.15, 0.2) is 0 Å². The molecule has 0 aromatic heterocycles. The van der Waals surface area contributed by atoms with Crippen LogP contribution in [0, 0.1) is 0 Å². The number of phosphoric acid groups is 3. The molecule has 0 saturated heterocycles. The van der Waals surface area contributed by atoms with Crippen molar-refractivity contribution in [2.75, 3.05) is 33.0 Å². The fourth-order valence-corrected chi connectivity index (χ4v) is 5.75. The second kappa shape index (κ2) is 17.1. The number of rotatable bonds is 20. The predicted octanol–water partition coefficient (Wildman–Crippen LogP) is -6.30. The Morgan fingerprint density at radius 3 is 1.88 bits per heavy atom. The van der Waals surface area contributed by atoms with E-state index in [1.165, 1.54) is 0 Å². The van der Waals surface area contributed by atoms with E-state index >= 15 is 0 Å². The van der Waals surface area contributed by atoms with E-state index in [0.717, 1.165) is 0 Å². The van der Waals surface area contributed by atoms with Gasteiger partial charge in [-0.05, 0) is 0 Å². The van der Waals surface area contributed by atoms with Crippen LogP contribution < -0.4 is 58.2 Å². The van der Waals surface area contributed by atoms with Gasteiger partial charge in [0.25, 0.3) is 0 Å². The summed E-state index contributed by atoms with van der Waals surface area (Å²) in [5.41, 5.74) is 0. The van der Waals surface area contributed by atoms with Gasteiger partial charge in [0.1, 0.15) is 0 Å². The van der Waals surface area contributed by atoms with Crippen LogP contribution in [0.2, 0.25) is 0 Å². The number of alkyl halides is 2. The van der Waals surface area contributed by atoms with Gasteiger partial charge in [-0.25, -0.2) is 0 Å². The fraction of sp³-hybridized carbons (Fsp3) is 1.00. The van der Waals surface area contributed by atoms with Crippen molar-refractivity contribution in [2.45, 2.75) is 40.1 Å². The first-order chi connectivity index (χ1) is 14.8. The number of halogens is 4. The van der Waals surface area contributed by atoms with Crippen LogP contribution in [0.3, 0.4) is 0 Å². The van der Waals surface area contributed by atoms with Crippen molar-refractivity contribution in [3.8, 4) is 0 Å². The molecule has 6 unspecified atom stereocenters. The molecule has 198 valence electrons. The van der Waals surface area contributed by atoms with Crippen LogP contribution in [0.15, 0.2) is 0 Å². The first-order valence-corrected chi connectivity index (χ1v) is 17.3. The summed E-state index contributed by atoms with van der Waals surface area (Å²) in [4.78, 5) is 42.4. The standard InChI is InChI=1S/C12H27F2I2O13P3/c1-2-12(29-32(23,24)28-9-11(7-17)16-14)4-6-26-31(21,22)25-5-3-10(15-13)8-27-30(18,19)20/h10-12,17H,2-9H2,1H3,(H,21,22)(H,23,24)(H2,18,19,20)/q-2/p-3. The fourth-order valence-electron chi connectivity index (χ4n) is 1.77. The third-order valence-corrected chi connectivity index (χ3v) is 8.93. The average molecular weight is 761 g/mol. The molecule has 2 N–H and O–H groups in total. The second-order valence-corrected chi connectivity index (χ2v) is 14.3. The van der Waals surface area contributed by atoms with Gasteiger partial charge in [0.2, 0.25) is 0 Å². The summed E-state index contributed by atoms with van der Waals surface area (Å²) in [6.07, 6.45) is -1.28. The molecule has 0 amide bonds. The van der Waals surface area contributed by atoms with Crippen LogP contribution in [0.4, 0.5) is 5.72 Å². The molecule has 0 rings (SSSR count). The molecule has 0 bridgehead atoms. The Labute approximate surface area is 206 Å². The minimum atomic E-state index is -5.02. The normalized spacial score (nSPS) is 20.9. The number of hydrogen-bond donors (Lipinski definition) is 2. The van der Waals surface area contributed by atoms with Crippen molar-refractivity contribution in [2.24, 2.45) is 0 Å². The number of aliphatic hydroxyl groups is 1. The third-order valence-electron chi connectivity index (χ3n) is 3.37. The van der Waals surface area contributed by atoms with Crippen LogP contribution >= 0.6 is 23.5 Å². The summed E-state index contributed by atoms with van der Waals surface area (Å²) in [5.74, 6) is 0. The number of hydrogen-bond acceptors (Lipinski definition) is 12. The van der Waals surface area contributed by atoms with E-state index in [1.54, 1.807) is 6.92 Å². The molecule has 0 radical (unpaired) electrons. The van der Waals surface area contributed by atoms with Gasteiger partial charge in [-0.3, -0.25) is 0 Å². The van der Waals surface area contributed by atoms with E-state index in [2.05, 4.69) is 18.1 Å². The van der Waals surface area contributed by atoms with Crippen LogP contribution in [-0.2, 0) is 36.3 Å². The third kappa shape index (κ3) is 18.0. The van der Waals surface area contributed by atoms with E-state index in [0.29, 0.717) is 0 Å². The first kappa shape index (κ1) is 33.6. The molecule has 13 nitrogen and oxygen atoms in total. The van der Waals surface area contributed by atoms with Crippen LogP contribution in [0.25, 0.3) is 0 Å². The molecule has 0 aromatic carbocycles. The molecule has 32 heavy (non-hydrogen) atoms. The average Bonchev–Trinajstić information content (AvgIpc) is 2.69. The minimum absolute atomic E-state index is 0.138. The summed E-state index contributed by atoms with van der Waals surface area (Å²) in [7, 11) is -14.7. The van der Waals surface area contributed by atoms with Crippen molar-refractivity contribution in [1.82, 2.24) is 0 Å². The van der Waals surface area contributed by atoms with E-state index in [4.69, 9.17) is 14.5 Å². The zero-order chi connectivity index (χ0) is 24.8. The maximum atomic E-state index is 12.9. The quantitative estimate of drug-likeness (QED) is 0.0674. The van der Waals surface area contributed by atoms with Crippen LogP contribution in [0.1, 0.15) is 26.2 Å². The number of aliphatic hydroxyl groups excluding tert-OH is 1. The van der Waals surface area contributed by atoms with E-state index in [-0.39, 0.29) is 19.3 Å². The van der Waals surface area contributed by atoms with Gasteiger partial charge in [-0.1, -0.05) is 0 Å². The molecule has 0 aromatic rings. The topological polar surface area (TPSA) is 207 Å². The van der Waals surface area contributed by atoms with Crippen molar-refractivity contribution < 1.29 is 110 Å². The van der Waals surface area contributed by atoms with E-state index < -0.39 is 114 Å².